The number of aliphatic hydroxyl groups excluding tert-OH is 1. The second-order valence-electron chi connectivity index (χ2n) is 2.72. The quantitative estimate of drug-likeness (QED) is 0.689. The molecule has 16 heavy (non-hydrogen) atoms. The lowest BCUT2D eigenvalue weighted by molar-refractivity contribution is -0.277. The molecule has 0 atom stereocenters. The van der Waals surface area contributed by atoms with E-state index in [2.05, 4.69) is 25.7 Å². The topological polar surface area (TPSA) is 42.4 Å². The van der Waals surface area contributed by atoms with Crippen LogP contribution in [0.25, 0.3) is 0 Å². The molecule has 0 aliphatic rings. The predicted molar refractivity (Wildman–Crippen MR) is 49.4 cm³/mol. The minimum absolute atomic E-state index is 0.0807. The monoisotopic (exact) mass is 303 g/mol. The maximum Gasteiger partial charge on any atom is 0.574 e. The Morgan fingerprint density at radius 2 is 2.06 bits per heavy atom. The number of aromatic nitrogens is 1. The highest BCUT2D eigenvalue weighted by Crippen LogP contribution is 2.26. The number of rotatable bonds is 3. The van der Waals surface area contributed by atoms with Gasteiger partial charge in [-0.25, -0.2) is 9.37 Å². The number of hydrogen-bond acceptors (Lipinski definition) is 3. The Morgan fingerprint density at radius 3 is 2.50 bits per heavy atom. The number of nitrogens with zero attached hydrogens (tertiary/aromatic N) is 1. The number of hydrogen-bond donors (Lipinski definition) is 1. The van der Waals surface area contributed by atoms with Crippen molar-refractivity contribution in [2.75, 3.05) is 0 Å². The van der Waals surface area contributed by atoms with Gasteiger partial charge in [0, 0.05) is 10.9 Å². The zero-order valence-electron chi connectivity index (χ0n) is 7.68. The molecule has 1 rings (SSSR count). The van der Waals surface area contributed by atoms with Gasteiger partial charge in [-0.1, -0.05) is 15.9 Å². The molecule has 0 saturated carbocycles. The van der Waals surface area contributed by atoms with Gasteiger partial charge in [0.1, 0.15) is 0 Å². The molecule has 1 aromatic heterocycles. The van der Waals surface area contributed by atoms with Crippen LogP contribution < -0.4 is 4.74 Å². The van der Waals surface area contributed by atoms with Crippen molar-refractivity contribution in [2.24, 2.45) is 0 Å². The van der Waals surface area contributed by atoms with Crippen molar-refractivity contribution >= 4 is 15.9 Å². The van der Waals surface area contributed by atoms with Crippen LogP contribution in [0.15, 0.2) is 6.07 Å². The first-order chi connectivity index (χ1) is 7.37. The smallest absolute Gasteiger partial charge is 0.392 e. The SMILES string of the molecule is OCc1cc(F)c(OC(F)(F)F)nc1CBr. The third-order valence-corrected chi connectivity index (χ3v) is 2.15. The molecule has 0 aliphatic carbocycles. The van der Waals surface area contributed by atoms with E-state index >= 15 is 0 Å². The second-order valence-corrected chi connectivity index (χ2v) is 3.28. The summed E-state index contributed by atoms with van der Waals surface area (Å²) in [7, 11) is 0. The molecular formula is C8H6BrF4NO2. The summed E-state index contributed by atoms with van der Waals surface area (Å²) in [6.07, 6.45) is -5.00. The minimum atomic E-state index is -5.00. The fourth-order valence-electron chi connectivity index (χ4n) is 0.980. The van der Waals surface area contributed by atoms with Crippen LogP contribution in [-0.4, -0.2) is 16.5 Å². The molecular weight excluding hydrogens is 298 g/mol. The lowest BCUT2D eigenvalue weighted by Gasteiger charge is -2.11. The van der Waals surface area contributed by atoms with E-state index in [0.717, 1.165) is 6.07 Å². The lowest BCUT2D eigenvalue weighted by Crippen LogP contribution is -2.19. The third kappa shape index (κ3) is 3.31. The summed E-state index contributed by atoms with van der Waals surface area (Å²) in [5, 5.41) is 8.89. The van der Waals surface area contributed by atoms with Crippen LogP contribution in [0, 0.1) is 5.82 Å². The van der Waals surface area contributed by atoms with Gasteiger partial charge >= 0.3 is 6.36 Å². The van der Waals surface area contributed by atoms with Gasteiger partial charge in [0.2, 0.25) is 0 Å². The number of alkyl halides is 4. The number of ether oxygens (including phenoxy) is 1. The second kappa shape index (κ2) is 4.96. The first-order valence-corrected chi connectivity index (χ1v) is 5.10. The minimum Gasteiger partial charge on any atom is -0.392 e. The number of aliphatic hydroxyl groups is 1. The van der Waals surface area contributed by atoms with Gasteiger partial charge in [-0.15, -0.1) is 13.2 Å². The van der Waals surface area contributed by atoms with E-state index in [-0.39, 0.29) is 16.6 Å². The van der Waals surface area contributed by atoms with Crippen LogP contribution in [0.5, 0.6) is 5.88 Å². The average Bonchev–Trinajstić information content (AvgIpc) is 2.18. The lowest BCUT2D eigenvalue weighted by atomic mass is 10.2. The van der Waals surface area contributed by atoms with Crippen molar-refractivity contribution in [2.45, 2.75) is 18.3 Å². The van der Waals surface area contributed by atoms with Crippen LogP contribution in [0.4, 0.5) is 17.6 Å². The molecule has 0 aliphatic heterocycles. The van der Waals surface area contributed by atoms with Gasteiger partial charge in [-0.05, 0) is 6.07 Å². The van der Waals surface area contributed by atoms with Crippen molar-refractivity contribution in [3.8, 4) is 5.88 Å². The van der Waals surface area contributed by atoms with E-state index in [1.165, 1.54) is 0 Å². The molecule has 1 heterocycles. The number of pyridine rings is 1. The molecule has 8 heteroatoms. The first kappa shape index (κ1) is 13.2. The fourth-order valence-corrected chi connectivity index (χ4v) is 1.47. The zero-order chi connectivity index (χ0) is 12.3. The van der Waals surface area contributed by atoms with Crippen LogP contribution in [0.1, 0.15) is 11.3 Å². The maximum atomic E-state index is 13.1. The van der Waals surface area contributed by atoms with E-state index in [1.54, 1.807) is 0 Å². The molecule has 0 bridgehead atoms. The predicted octanol–water partition coefficient (Wildman–Crippen LogP) is 2.51. The van der Waals surface area contributed by atoms with Crippen LogP contribution in [0.2, 0.25) is 0 Å². The summed E-state index contributed by atoms with van der Waals surface area (Å²) in [6, 6.07) is 0.755. The molecule has 90 valence electrons. The highest BCUT2D eigenvalue weighted by atomic mass is 79.9. The van der Waals surface area contributed by atoms with Crippen molar-refractivity contribution in [3.63, 3.8) is 0 Å². The molecule has 1 N–H and O–H groups in total. The van der Waals surface area contributed by atoms with Gasteiger partial charge in [0.15, 0.2) is 5.82 Å². The zero-order valence-corrected chi connectivity index (χ0v) is 9.27. The van der Waals surface area contributed by atoms with Gasteiger partial charge in [-0.2, -0.15) is 0 Å². The molecule has 1 aromatic rings. The molecule has 0 amide bonds. The van der Waals surface area contributed by atoms with Gasteiger partial charge in [0.25, 0.3) is 5.88 Å². The Balaban J connectivity index is 3.11. The van der Waals surface area contributed by atoms with Crippen molar-refractivity contribution in [3.05, 3.63) is 23.1 Å². The maximum absolute atomic E-state index is 13.1. The Labute approximate surface area is 96.2 Å². The molecule has 0 saturated heterocycles. The Kier molecular flexibility index (Phi) is 4.09. The summed E-state index contributed by atoms with van der Waals surface area (Å²) in [5.74, 6) is -2.43. The standard InChI is InChI=1S/C8H6BrF4NO2/c9-2-6-4(3-15)1-5(10)7(14-6)16-8(11,12)13/h1,15H,2-3H2. The third-order valence-electron chi connectivity index (χ3n) is 1.62. The average molecular weight is 304 g/mol. The summed E-state index contributed by atoms with van der Waals surface area (Å²) >= 11 is 2.95. The van der Waals surface area contributed by atoms with E-state index < -0.39 is 24.7 Å². The van der Waals surface area contributed by atoms with Crippen LogP contribution in [-0.2, 0) is 11.9 Å². The molecule has 0 spiro atoms. The Bertz CT molecular complexity index is 383. The highest BCUT2D eigenvalue weighted by Gasteiger charge is 2.33. The van der Waals surface area contributed by atoms with E-state index in [4.69, 9.17) is 5.11 Å². The first-order valence-electron chi connectivity index (χ1n) is 3.98. The van der Waals surface area contributed by atoms with Crippen molar-refractivity contribution in [1.29, 1.82) is 0 Å². The summed E-state index contributed by atoms with van der Waals surface area (Å²) < 4.78 is 52.0. The Morgan fingerprint density at radius 1 is 1.44 bits per heavy atom. The summed E-state index contributed by atoms with van der Waals surface area (Å²) in [6.45, 7) is -0.517. The molecule has 3 nitrogen and oxygen atoms in total. The normalized spacial score (nSPS) is 11.6. The summed E-state index contributed by atoms with van der Waals surface area (Å²) in [5.41, 5.74) is 0.187. The molecule has 0 aromatic carbocycles. The van der Waals surface area contributed by atoms with Crippen molar-refractivity contribution < 1.29 is 27.4 Å². The van der Waals surface area contributed by atoms with Gasteiger partial charge in [-0.3, -0.25) is 0 Å². The molecule has 0 fully saturated rings. The van der Waals surface area contributed by atoms with Gasteiger partial charge < -0.3 is 9.84 Å². The fraction of sp³-hybridized carbons (Fsp3) is 0.375. The summed E-state index contributed by atoms with van der Waals surface area (Å²) in [4.78, 5) is 3.32. The highest BCUT2D eigenvalue weighted by molar-refractivity contribution is 9.08. The van der Waals surface area contributed by atoms with E-state index in [0.29, 0.717) is 0 Å². The van der Waals surface area contributed by atoms with E-state index in [9.17, 15) is 17.6 Å². The molecule has 0 radical (unpaired) electrons. The van der Waals surface area contributed by atoms with Crippen molar-refractivity contribution in [1.82, 2.24) is 4.98 Å². The largest absolute Gasteiger partial charge is 0.574 e. The number of halogens is 5. The molecule has 0 unspecified atom stereocenters. The van der Waals surface area contributed by atoms with Crippen LogP contribution >= 0.6 is 15.9 Å². The Hall–Kier alpha value is -0.890. The van der Waals surface area contributed by atoms with Crippen LogP contribution in [0.3, 0.4) is 0 Å². The van der Waals surface area contributed by atoms with E-state index in [1.807, 2.05) is 0 Å². The van der Waals surface area contributed by atoms with Gasteiger partial charge in [0.05, 0.1) is 12.3 Å².